The Morgan fingerprint density at radius 2 is 1.79 bits per heavy atom. The van der Waals surface area contributed by atoms with Gasteiger partial charge in [-0.1, -0.05) is 43.2 Å². The lowest BCUT2D eigenvalue weighted by Crippen LogP contribution is -2.26. The van der Waals surface area contributed by atoms with E-state index in [0.717, 1.165) is 12.1 Å². The Morgan fingerprint density at radius 3 is 2.53 bits per heavy atom. The summed E-state index contributed by atoms with van der Waals surface area (Å²) in [5.74, 6) is 6.03. The van der Waals surface area contributed by atoms with E-state index in [9.17, 15) is 0 Å². The van der Waals surface area contributed by atoms with E-state index in [1.807, 2.05) is 0 Å². The Labute approximate surface area is 117 Å². The van der Waals surface area contributed by atoms with Gasteiger partial charge in [0.1, 0.15) is 0 Å². The van der Waals surface area contributed by atoms with Gasteiger partial charge >= 0.3 is 0 Å². The summed E-state index contributed by atoms with van der Waals surface area (Å²) >= 11 is 0. The van der Waals surface area contributed by atoms with Crippen molar-refractivity contribution in [3.63, 3.8) is 0 Å². The first-order valence-electron chi connectivity index (χ1n) is 7.39. The molecular weight excluding hydrogens is 232 g/mol. The van der Waals surface area contributed by atoms with Crippen LogP contribution in [-0.2, 0) is 6.54 Å². The van der Waals surface area contributed by atoms with E-state index in [2.05, 4.69) is 41.0 Å². The molecule has 1 aliphatic rings. The zero-order valence-corrected chi connectivity index (χ0v) is 11.7. The summed E-state index contributed by atoms with van der Waals surface area (Å²) in [6, 6.07) is 8.55. The summed E-state index contributed by atoms with van der Waals surface area (Å²) in [6.45, 7) is 3.95. The molecule has 2 rings (SSSR count). The minimum atomic E-state index is 0.427. The average molecular weight is 256 g/mol. The van der Waals surface area contributed by atoms with E-state index in [0.29, 0.717) is 6.54 Å². The molecule has 0 amide bonds. The molecule has 0 bridgehead atoms. The summed E-state index contributed by atoms with van der Waals surface area (Å²) in [7, 11) is 0. The van der Waals surface area contributed by atoms with Crippen molar-refractivity contribution >= 4 is 0 Å². The van der Waals surface area contributed by atoms with Crippen molar-refractivity contribution in [1.29, 1.82) is 0 Å². The molecule has 1 aliphatic heterocycles. The lowest BCUT2D eigenvalue weighted by atomic mass is 10.1. The molecule has 19 heavy (non-hydrogen) atoms. The van der Waals surface area contributed by atoms with Gasteiger partial charge < -0.3 is 5.73 Å². The molecule has 1 aromatic carbocycles. The topological polar surface area (TPSA) is 29.3 Å². The number of rotatable bonds is 2. The molecule has 0 saturated carbocycles. The quantitative estimate of drug-likeness (QED) is 0.824. The fourth-order valence-electron chi connectivity index (χ4n) is 2.63. The van der Waals surface area contributed by atoms with Crippen molar-refractivity contribution in [3.05, 3.63) is 35.4 Å². The standard InChI is InChI=1S/C17H24N2/c18-11-7-10-16-8-6-9-17(14-16)15-19-12-4-2-1-3-5-13-19/h6,8-9,14H,1-5,11-13,15,18H2. The molecule has 0 spiro atoms. The van der Waals surface area contributed by atoms with E-state index >= 15 is 0 Å². The second-order valence-electron chi connectivity index (χ2n) is 5.25. The van der Waals surface area contributed by atoms with Crippen molar-refractivity contribution in [1.82, 2.24) is 4.90 Å². The molecule has 0 aromatic heterocycles. The highest BCUT2D eigenvalue weighted by Crippen LogP contribution is 2.14. The predicted octanol–water partition coefficient (Wildman–Crippen LogP) is 2.76. The van der Waals surface area contributed by atoms with Gasteiger partial charge in [0.25, 0.3) is 0 Å². The lowest BCUT2D eigenvalue weighted by Gasteiger charge is -2.24. The lowest BCUT2D eigenvalue weighted by molar-refractivity contribution is 0.240. The van der Waals surface area contributed by atoms with Crippen LogP contribution in [0.5, 0.6) is 0 Å². The third-order valence-electron chi connectivity index (χ3n) is 3.62. The first-order chi connectivity index (χ1) is 9.38. The number of nitrogens with two attached hydrogens (primary N) is 1. The molecule has 2 nitrogen and oxygen atoms in total. The van der Waals surface area contributed by atoms with Crippen LogP contribution in [0.3, 0.4) is 0 Å². The second kappa shape index (κ2) is 7.99. The summed E-state index contributed by atoms with van der Waals surface area (Å²) in [5, 5.41) is 0. The maximum Gasteiger partial charge on any atom is 0.0555 e. The minimum absolute atomic E-state index is 0.427. The highest BCUT2D eigenvalue weighted by molar-refractivity contribution is 5.37. The highest BCUT2D eigenvalue weighted by Gasteiger charge is 2.08. The van der Waals surface area contributed by atoms with Crippen molar-refractivity contribution in [3.8, 4) is 11.8 Å². The highest BCUT2D eigenvalue weighted by atomic mass is 15.1. The number of hydrogen-bond donors (Lipinski definition) is 1. The molecule has 1 heterocycles. The van der Waals surface area contributed by atoms with E-state index in [4.69, 9.17) is 5.73 Å². The van der Waals surface area contributed by atoms with Crippen LogP contribution in [0.25, 0.3) is 0 Å². The maximum absolute atomic E-state index is 5.41. The van der Waals surface area contributed by atoms with Crippen molar-refractivity contribution in [2.45, 2.75) is 38.6 Å². The minimum Gasteiger partial charge on any atom is -0.320 e. The van der Waals surface area contributed by atoms with Gasteiger partial charge in [-0.05, 0) is 43.6 Å². The number of hydrogen-bond acceptors (Lipinski definition) is 2. The molecule has 0 aliphatic carbocycles. The Morgan fingerprint density at radius 1 is 1.05 bits per heavy atom. The third-order valence-corrected chi connectivity index (χ3v) is 3.62. The fourth-order valence-corrected chi connectivity index (χ4v) is 2.63. The van der Waals surface area contributed by atoms with Gasteiger partial charge in [0.2, 0.25) is 0 Å². The molecule has 2 heteroatoms. The number of benzene rings is 1. The summed E-state index contributed by atoms with van der Waals surface area (Å²) < 4.78 is 0. The molecule has 2 N–H and O–H groups in total. The maximum atomic E-state index is 5.41. The Kier molecular flexibility index (Phi) is 5.94. The Bertz CT molecular complexity index is 434. The van der Waals surface area contributed by atoms with Crippen molar-refractivity contribution < 1.29 is 0 Å². The Hall–Kier alpha value is -1.30. The van der Waals surface area contributed by atoms with Crippen LogP contribution in [0.1, 0.15) is 43.2 Å². The van der Waals surface area contributed by atoms with Gasteiger partial charge in [-0.15, -0.1) is 0 Å². The molecular formula is C17H24N2. The van der Waals surface area contributed by atoms with E-state index < -0.39 is 0 Å². The van der Waals surface area contributed by atoms with Crippen LogP contribution in [0.4, 0.5) is 0 Å². The zero-order chi connectivity index (χ0) is 13.3. The normalized spacial score (nSPS) is 17.1. The van der Waals surface area contributed by atoms with Gasteiger partial charge in [0.05, 0.1) is 6.54 Å². The van der Waals surface area contributed by atoms with Crippen LogP contribution < -0.4 is 5.73 Å². The second-order valence-corrected chi connectivity index (χ2v) is 5.25. The summed E-state index contributed by atoms with van der Waals surface area (Å²) in [6.07, 6.45) is 6.87. The molecule has 0 radical (unpaired) electrons. The molecule has 1 saturated heterocycles. The smallest absolute Gasteiger partial charge is 0.0555 e. The molecule has 0 atom stereocenters. The van der Waals surface area contributed by atoms with Crippen LogP contribution in [0, 0.1) is 11.8 Å². The first kappa shape index (κ1) is 14.1. The van der Waals surface area contributed by atoms with Gasteiger partial charge in [-0.3, -0.25) is 4.90 Å². The Balaban J connectivity index is 1.97. The zero-order valence-electron chi connectivity index (χ0n) is 11.7. The van der Waals surface area contributed by atoms with Crippen molar-refractivity contribution in [2.75, 3.05) is 19.6 Å². The van der Waals surface area contributed by atoms with Crippen LogP contribution in [0.15, 0.2) is 24.3 Å². The largest absolute Gasteiger partial charge is 0.320 e. The van der Waals surface area contributed by atoms with E-state index in [1.54, 1.807) is 0 Å². The van der Waals surface area contributed by atoms with E-state index in [1.165, 1.54) is 50.8 Å². The van der Waals surface area contributed by atoms with Crippen LogP contribution in [-0.4, -0.2) is 24.5 Å². The number of nitrogens with zero attached hydrogens (tertiary/aromatic N) is 1. The molecule has 1 fully saturated rings. The van der Waals surface area contributed by atoms with Crippen LogP contribution >= 0.6 is 0 Å². The predicted molar refractivity (Wildman–Crippen MR) is 80.7 cm³/mol. The van der Waals surface area contributed by atoms with Gasteiger partial charge in [0, 0.05) is 12.1 Å². The molecule has 0 unspecified atom stereocenters. The van der Waals surface area contributed by atoms with Gasteiger partial charge in [0.15, 0.2) is 0 Å². The summed E-state index contributed by atoms with van der Waals surface area (Å²) in [5.41, 5.74) is 7.86. The molecule has 102 valence electrons. The van der Waals surface area contributed by atoms with Crippen LogP contribution in [0.2, 0.25) is 0 Å². The summed E-state index contributed by atoms with van der Waals surface area (Å²) in [4.78, 5) is 2.58. The third kappa shape index (κ3) is 5.06. The monoisotopic (exact) mass is 256 g/mol. The molecule has 1 aromatic rings. The number of likely N-dealkylation sites (tertiary alicyclic amines) is 1. The van der Waals surface area contributed by atoms with Gasteiger partial charge in [-0.25, -0.2) is 0 Å². The fraction of sp³-hybridized carbons (Fsp3) is 0.529. The van der Waals surface area contributed by atoms with Crippen molar-refractivity contribution in [2.24, 2.45) is 5.73 Å². The SMILES string of the molecule is NCC#Cc1cccc(CN2CCCCCCC2)c1. The first-order valence-corrected chi connectivity index (χ1v) is 7.39. The van der Waals surface area contributed by atoms with Gasteiger partial charge in [-0.2, -0.15) is 0 Å². The average Bonchev–Trinajstić information content (AvgIpc) is 2.40. The van der Waals surface area contributed by atoms with E-state index in [-0.39, 0.29) is 0 Å².